The molecule has 1 heterocycles. The highest BCUT2D eigenvalue weighted by atomic mass is 16.6. The SMILES string of the molecule is CC(O)C(=O)[C@H]1OC(O)[C@H](O)[C@@H](O)[C@@H]1O. The molecule has 0 spiro atoms. The molecule has 0 aromatic rings. The Bertz CT molecular complexity index is 241. The van der Waals surface area contributed by atoms with Crippen molar-refractivity contribution in [1.29, 1.82) is 0 Å². The summed E-state index contributed by atoms with van der Waals surface area (Å²) in [6.07, 6.45) is -9.75. The molecule has 0 bridgehead atoms. The van der Waals surface area contributed by atoms with E-state index in [1.54, 1.807) is 0 Å². The van der Waals surface area contributed by atoms with Crippen LogP contribution in [0.4, 0.5) is 0 Å². The predicted octanol–water partition coefficient (Wildman–Crippen LogP) is -3.26. The van der Waals surface area contributed by atoms with Crippen LogP contribution >= 0.6 is 0 Å². The predicted molar refractivity (Wildman–Crippen MR) is 45.6 cm³/mol. The first-order chi connectivity index (χ1) is 6.86. The minimum Gasteiger partial charge on any atom is -0.387 e. The van der Waals surface area contributed by atoms with E-state index in [4.69, 9.17) is 15.3 Å². The minimum atomic E-state index is -1.77. The molecule has 2 unspecified atom stereocenters. The number of ether oxygens (including phenoxy) is 1. The average Bonchev–Trinajstić information content (AvgIpc) is 2.19. The lowest BCUT2D eigenvalue weighted by molar-refractivity contribution is -0.276. The maximum Gasteiger partial charge on any atom is 0.192 e. The number of aliphatic hydroxyl groups excluding tert-OH is 5. The van der Waals surface area contributed by atoms with Gasteiger partial charge in [-0.05, 0) is 6.92 Å². The van der Waals surface area contributed by atoms with Crippen LogP contribution in [0.3, 0.4) is 0 Å². The summed E-state index contributed by atoms with van der Waals surface area (Å²) in [5, 5.41) is 45.8. The molecule has 15 heavy (non-hydrogen) atoms. The molecule has 0 aromatic carbocycles. The first kappa shape index (κ1) is 12.5. The smallest absolute Gasteiger partial charge is 0.192 e. The van der Waals surface area contributed by atoms with Crippen molar-refractivity contribution in [3.63, 3.8) is 0 Å². The molecular formula is C8H14O7. The molecule has 0 aliphatic carbocycles. The largest absolute Gasteiger partial charge is 0.387 e. The van der Waals surface area contributed by atoms with Crippen molar-refractivity contribution in [3.05, 3.63) is 0 Å². The highest BCUT2D eigenvalue weighted by Crippen LogP contribution is 2.21. The van der Waals surface area contributed by atoms with Crippen molar-refractivity contribution in [1.82, 2.24) is 0 Å². The molecule has 7 heteroatoms. The third kappa shape index (κ3) is 2.33. The van der Waals surface area contributed by atoms with Crippen molar-refractivity contribution in [2.45, 2.75) is 43.7 Å². The van der Waals surface area contributed by atoms with Crippen LogP contribution in [0.1, 0.15) is 6.92 Å². The normalized spacial score (nSPS) is 43.7. The molecular weight excluding hydrogens is 208 g/mol. The molecule has 1 aliphatic heterocycles. The Kier molecular flexibility index (Phi) is 3.77. The van der Waals surface area contributed by atoms with E-state index >= 15 is 0 Å². The highest BCUT2D eigenvalue weighted by Gasteiger charge is 2.46. The highest BCUT2D eigenvalue weighted by molar-refractivity contribution is 5.87. The molecule has 0 saturated carbocycles. The molecule has 1 saturated heterocycles. The molecule has 7 nitrogen and oxygen atoms in total. The van der Waals surface area contributed by atoms with E-state index in [-0.39, 0.29) is 0 Å². The maximum atomic E-state index is 11.3. The van der Waals surface area contributed by atoms with Crippen molar-refractivity contribution >= 4 is 5.78 Å². The fraction of sp³-hybridized carbons (Fsp3) is 0.875. The first-order valence-electron chi connectivity index (χ1n) is 4.45. The van der Waals surface area contributed by atoms with Crippen LogP contribution in [0.2, 0.25) is 0 Å². The van der Waals surface area contributed by atoms with Gasteiger partial charge < -0.3 is 30.3 Å². The monoisotopic (exact) mass is 222 g/mol. The van der Waals surface area contributed by atoms with Gasteiger partial charge >= 0.3 is 0 Å². The fourth-order valence-corrected chi connectivity index (χ4v) is 1.33. The van der Waals surface area contributed by atoms with Crippen LogP contribution in [-0.2, 0) is 9.53 Å². The second-order valence-corrected chi connectivity index (χ2v) is 3.50. The number of hydrogen-bond acceptors (Lipinski definition) is 7. The summed E-state index contributed by atoms with van der Waals surface area (Å²) in [7, 11) is 0. The van der Waals surface area contributed by atoms with Gasteiger partial charge in [0.1, 0.15) is 24.4 Å². The number of Topliss-reactive ketones (excluding diaryl/α,β-unsaturated/α-hetero) is 1. The summed E-state index contributed by atoms with van der Waals surface area (Å²) in [5.41, 5.74) is 0. The van der Waals surface area contributed by atoms with E-state index in [2.05, 4.69) is 4.74 Å². The zero-order chi connectivity index (χ0) is 11.7. The summed E-state index contributed by atoms with van der Waals surface area (Å²) >= 11 is 0. The quantitative estimate of drug-likeness (QED) is 0.332. The fourth-order valence-electron chi connectivity index (χ4n) is 1.33. The number of aliphatic hydroxyl groups is 5. The zero-order valence-electron chi connectivity index (χ0n) is 8.02. The van der Waals surface area contributed by atoms with Crippen LogP contribution in [-0.4, -0.2) is 68.1 Å². The van der Waals surface area contributed by atoms with E-state index in [1.807, 2.05) is 0 Å². The summed E-state index contributed by atoms with van der Waals surface area (Å²) in [5.74, 6) is -0.868. The molecule has 88 valence electrons. The minimum absolute atomic E-state index is 0.868. The topological polar surface area (TPSA) is 127 Å². The first-order valence-corrected chi connectivity index (χ1v) is 4.45. The Balaban J connectivity index is 2.79. The number of ketones is 1. The Labute approximate surface area is 85.5 Å². The van der Waals surface area contributed by atoms with Crippen molar-refractivity contribution in [3.8, 4) is 0 Å². The molecule has 5 N–H and O–H groups in total. The van der Waals surface area contributed by atoms with Crippen molar-refractivity contribution < 1.29 is 35.1 Å². The van der Waals surface area contributed by atoms with Gasteiger partial charge in [-0.1, -0.05) is 0 Å². The van der Waals surface area contributed by atoms with Crippen LogP contribution < -0.4 is 0 Å². The molecule has 1 rings (SSSR count). The Morgan fingerprint density at radius 2 is 1.67 bits per heavy atom. The van der Waals surface area contributed by atoms with Crippen molar-refractivity contribution in [2.75, 3.05) is 0 Å². The molecule has 0 radical (unpaired) electrons. The van der Waals surface area contributed by atoms with Crippen LogP contribution in [0.25, 0.3) is 0 Å². The van der Waals surface area contributed by atoms with Gasteiger partial charge in [-0.2, -0.15) is 0 Å². The van der Waals surface area contributed by atoms with Gasteiger partial charge in [0.25, 0.3) is 0 Å². The molecule has 0 amide bonds. The van der Waals surface area contributed by atoms with Crippen LogP contribution in [0.5, 0.6) is 0 Å². The molecule has 1 fully saturated rings. The Morgan fingerprint density at radius 3 is 2.13 bits per heavy atom. The lowest BCUT2D eigenvalue weighted by Crippen LogP contribution is -2.60. The van der Waals surface area contributed by atoms with E-state index in [1.165, 1.54) is 6.92 Å². The summed E-state index contributed by atoms with van der Waals surface area (Å²) in [6, 6.07) is 0. The van der Waals surface area contributed by atoms with E-state index in [9.17, 15) is 15.0 Å². The second kappa shape index (κ2) is 4.52. The molecule has 0 aromatic heterocycles. The lowest BCUT2D eigenvalue weighted by Gasteiger charge is -2.37. The van der Waals surface area contributed by atoms with E-state index in [0.717, 1.165) is 0 Å². The van der Waals surface area contributed by atoms with Gasteiger partial charge in [-0.3, -0.25) is 4.79 Å². The van der Waals surface area contributed by atoms with Gasteiger partial charge in [0.2, 0.25) is 0 Å². The van der Waals surface area contributed by atoms with E-state index < -0.39 is 42.6 Å². The molecule has 1 aliphatic rings. The zero-order valence-corrected chi connectivity index (χ0v) is 8.02. The van der Waals surface area contributed by atoms with Gasteiger partial charge in [0, 0.05) is 0 Å². The van der Waals surface area contributed by atoms with Gasteiger partial charge in [-0.15, -0.1) is 0 Å². The maximum absolute atomic E-state index is 11.3. The Hall–Kier alpha value is -0.570. The number of carbonyl (C=O) groups is 1. The third-order valence-electron chi connectivity index (χ3n) is 2.28. The van der Waals surface area contributed by atoms with Crippen molar-refractivity contribution in [2.24, 2.45) is 0 Å². The van der Waals surface area contributed by atoms with Gasteiger partial charge in [0.15, 0.2) is 18.2 Å². The number of hydrogen-bond donors (Lipinski definition) is 5. The summed E-state index contributed by atoms with van der Waals surface area (Å²) in [6.45, 7) is 1.17. The Morgan fingerprint density at radius 1 is 1.13 bits per heavy atom. The second-order valence-electron chi connectivity index (χ2n) is 3.50. The standard InChI is InChI=1S/C8H14O7/c1-2(9)3(10)7-5(12)4(11)6(13)8(14)15-7/h2,4-9,11-14H,1H3/t2?,4-,5-,6+,7+,8?/m0/s1. The number of carbonyl (C=O) groups excluding carboxylic acids is 1. The third-order valence-corrected chi connectivity index (χ3v) is 2.28. The molecule has 6 atom stereocenters. The van der Waals surface area contributed by atoms with Gasteiger partial charge in [-0.25, -0.2) is 0 Å². The average molecular weight is 222 g/mol. The summed E-state index contributed by atoms with van der Waals surface area (Å²) < 4.78 is 4.59. The van der Waals surface area contributed by atoms with Crippen LogP contribution in [0.15, 0.2) is 0 Å². The van der Waals surface area contributed by atoms with Crippen LogP contribution in [0, 0.1) is 0 Å². The summed E-state index contributed by atoms with van der Waals surface area (Å²) in [4.78, 5) is 11.3. The van der Waals surface area contributed by atoms with Gasteiger partial charge in [0.05, 0.1) is 0 Å². The van der Waals surface area contributed by atoms with E-state index in [0.29, 0.717) is 0 Å². The number of rotatable bonds is 2. The lowest BCUT2D eigenvalue weighted by atomic mass is 9.94.